The van der Waals surface area contributed by atoms with Crippen LogP contribution in [0.4, 0.5) is 5.69 Å². The molecule has 0 unspecified atom stereocenters. The maximum Gasteiger partial charge on any atom is 0.0587 e. The van der Waals surface area contributed by atoms with E-state index in [0.717, 1.165) is 30.2 Å². The molecule has 0 spiro atoms. The smallest absolute Gasteiger partial charge is 0.0587 e. The van der Waals surface area contributed by atoms with Crippen LogP contribution >= 0.6 is 11.6 Å². The molecular formula is C17H29ClN2O. The largest absolute Gasteiger partial charge is 0.383 e. The maximum absolute atomic E-state index is 6.43. The number of ether oxygens (including phenoxy) is 1. The van der Waals surface area contributed by atoms with Crippen LogP contribution in [0.2, 0.25) is 5.02 Å². The molecule has 0 saturated carbocycles. The number of hydrogen-bond acceptors (Lipinski definition) is 3. The molecule has 21 heavy (non-hydrogen) atoms. The second-order valence-corrected chi connectivity index (χ2v) is 6.49. The molecule has 3 nitrogen and oxygen atoms in total. The molecule has 0 amide bonds. The summed E-state index contributed by atoms with van der Waals surface area (Å²) in [6, 6.07) is 6.83. The van der Waals surface area contributed by atoms with Gasteiger partial charge in [0.2, 0.25) is 0 Å². The maximum atomic E-state index is 6.43. The molecule has 1 N–H and O–H groups in total. The fourth-order valence-corrected chi connectivity index (χ4v) is 2.50. The zero-order chi connectivity index (χ0) is 15.8. The average Bonchev–Trinajstić information content (AvgIpc) is 2.42. The highest BCUT2D eigenvalue weighted by Crippen LogP contribution is 2.26. The average molecular weight is 313 g/mol. The van der Waals surface area contributed by atoms with Gasteiger partial charge in [-0.3, -0.25) is 0 Å². The third kappa shape index (κ3) is 6.25. The first-order valence-corrected chi connectivity index (χ1v) is 8.08. The highest BCUT2D eigenvalue weighted by atomic mass is 35.5. The molecule has 0 radical (unpaired) electrons. The van der Waals surface area contributed by atoms with Gasteiger partial charge in [-0.2, -0.15) is 0 Å². The monoisotopic (exact) mass is 312 g/mol. The fraction of sp³-hybridized carbons (Fsp3) is 0.647. The van der Waals surface area contributed by atoms with E-state index < -0.39 is 0 Å². The van der Waals surface area contributed by atoms with E-state index >= 15 is 0 Å². The molecule has 0 aliphatic rings. The molecule has 4 heteroatoms. The summed E-state index contributed by atoms with van der Waals surface area (Å²) in [6.45, 7) is 12.3. The van der Waals surface area contributed by atoms with E-state index in [1.54, 1.807) is 7.11 Å². The van der Waals surface area contributed by atoms with Crippen LogP contribution in [0.5, 0.6) is 0 Å². The van der Waals surface area contributed by atoms with Crippen molar-refractivity contribution in [2.75, 3.05) is 31.7 Å². The van der Waals surface area contributed by atoms with Crippen LogP contribution in [0.1, 0.15) is 33.3 Å². The summed E-state index contributed by atoms with van der Waals surface area (Å²) < 4.78 is 5.02. The van der Waals surface area contributed by atoms with Gasteiger partial charge >= 0.3 is 0 Å². The van der Waals surface area contributed by atoms with Gasteiger partial charge in [0.1, 0.15) is 0 Å². The van der Waals surface area contributed by atoms with E-state index in [4.69, 9.17) is 16.3 Å². The van der Waals surface area contributed by atoms with Gasteiger partial charge in [0.25, 0.3) is 0 Å². The minimum atomic E-state index is 0.467. The van der Waals surface area contributed by atoms with Gasteiger partial charge < -0.3 is 15.0 Å². The lowest BCUT2D eigenvalue weighted by Crippen LogP contribution is -2.34. The number of methoxy groups -OCH3 is 1. The Labute approximate surface area is 134 Å². The van der Waals surface area contributed by atoms with E-state index in [1.807, 2.05) is 0 Å². The van der Waals surface area contributed by atoms with Gasteiger partial charge in [-0.25, -0.2) is 0 Å². The number of benzene rings is 1. The third-order valence-electron chi connectivity index (χ3n) is 3.35. The van der Waals surface area contributed by atoms with Gasteiger partial charge in [-0.05, 0) is 37.5 Å². The molecule has 1 rings (SSSR count). The predicted molar refractivity (Wildman–Crippen MR) is 92.4 cm³/mol. The molecule has 0 heterocycles. The first-order valence-electron chi connectivity index (χ1n) is 7.70. The van der Waals surface area contributed by atoms with Crippen molar-refractivity contribution >= 4 is 17.3 Å². The molecule has 0 atom stereocenters. The van der Waals surface area contributed by atoms with Crippen LogP contribution in [0.25, 0.3) is 0 Å². The van der Waals surface area contributed by atoms with Gasteiger partial charge in [0.15, 0.2) is 0 Å². The minimum Gasteiger partial charge on any atom is -0.383 e. The van der Waals surface area contributed by atoms with Crippen LogP contribution < -0.4 is 10.2 Å². The zero-order valence-corrected chi connectivity index (χ0v) is 14.7. The summed E-state index contributed by atoms with van der Waals surface area (Å²) in [5.41, 5.74) is 2.33. The van der Waals surface area contributed by atoms with E-state index in [9.17, 15) is 0 Å². The normalized spacial score (nSPS) is 11.4. The quantitative estimate of drug-likeness (QED) is 0.699. The topological polar surface area (TPSA) is 24.5 Å². The summed E-state index contributed by atoms with van der Waals surface area (Å²) in [7, 11) is 1.71. The summed E-state index contributed by atoms with van der Waals surface area (Å²) in [6.07, 6.45) is 0. The first-order chi connectivity index (χ1) is 9.95. The predicted octanol–water partition coefficient (Wildman–Crippen LogP) is 3.95. The summed E-state index contributed by atoms with van der Waals surface area (Å²) in [4.78, 5) is 2.40. The molecule has 120 valence electrons. The Morgan fingerprint density at radius 3 is 2.48 bits per heavy atom. The van der Waals surface area contributed by atoms with Crippen molar-refractivity contribution in [2.45, 2.75) is 40.3 Å². The third-order valence-corrected chi connectivity index (χ3v) is 3.70. The molecule has 0 saturated heterocycles. The summed E-state index contributed by atoms with van der Waals surface area (Å²) in [5, 5.41) is 4.15. The number of hydrogen-bond donors (Lipinski definition) is 1. The van der Waals surface area contributed by atoms with Crippen LogP contribution in [0.15, 0.2) is 18.2 Å². The Morgan fingerprint density at radius 1 is 1.24 bits per heavy atom. The Hall–Kier alpha value is -0.770. The Bertz CT molecular complexity index is 421. The molecule has 0 fully saturated rings. The van der Waals surface area contributed by atoms with Gasteiger partial charge in [0.05, 0.1) is 6.61 Å². The molecule has 1 aromatic rings. The molecule has 0 aromatic heterocycles. The molecule has 0 bridgehead atoms. The molecule has 1 aromatic carbocycles. The highest BCUT2D eigenvalue weighted by Gasteiger charge is 2.13. The zero-order valence-electron chi connectivity index (χ0n) is 13.9. The van der Waals surface area contributed by atoms with Crippen molar-refractivity contribution in [1.82, 2.24) is 5.32 Å². The van der Waals surface area contributed by atoms with E-state index in [2.05, 4.69) is 56.1 Å². The second kappa shape index (κ2) is 9.29. The van der Waals surface area contributed by atoms with E-state index in [-0.39, 0.29) is 0 Å². The van der Waals surface area contributed by atoms with Crippen LogP contribution in [-0.2, 0) is 11.3 Å². The van der Waals surface area contributed by atoms with E-state index in [1.165, 1.54) is 5.69 Å². The SMILES string of the molecule is COCCNCc1ccc(N(CC(C)C)C(C)C)cc1Cl. The number of nitrogens with zero attached hydrogens (tertiary/aromatic N) is 1. The van der Waals surface area contributed by atoms with Crippen molar-refractivity contribution < 1.29 is 4.74 Å². The van der Waals surface area contributed by atoms with Crippen molar-refractivity contribution in [1.29, 1.82) is 0 Å². The standard InChI is InChI=1S/C17H29ClN2O/c1-13(2)12-20(14(3)4)16-7-6-15(17(18)10-16)11-19-8-9-21-5/h6-7,10,13-14,19H,8-9,11-12H2,1-5H3. The molecule has 0 aliphatic heterocycles. The summed E-state index contributed by atoms with van der Waals surface area (Å²) in [5.74, 6) is 0.626. The summed E-state index contributed by atoms with van der Waals surface area (Å²) >= 11 is 6.43. The second-order valence-electron chi connectivity index (χ2n) is 6.09. The lowest BCUT2D eigenvalue weighted by Gasteiger charge is -2.31. The van der Waals surface area contributed by atoms with Crippen molar-refractivity contribution in [3.8, 4) is 0 Å². The van der Waals surface area contributed by atoms with Crippen molar-refractivity contribution in [3.05, 3.63) is 28.8 Å². The van der Waals surface area contributed by atoms with Crippen molar-refractivity contribution in [3.63, 3.8) is 0 Å². The minimum absolute atomic E-state index is 0.467. The van der Waals surface area contributed by atoms with E-state index in [0.29, 0.717) is 18.6 Å². The molecule has 0 aliphatic carbocycles. The Balaban J connectivity index is 2.75. The number of anilines is 1. The van der Waals surface area contributed by atoms with Gasteiger partial charge in [-0.1, -0.05) is 31.5 Å². The molecular weight excluding hydrogens is 284 g/mol. The first kappa shape index (κ1) is 18.3. The Morgan fingerprint density at radius 2 is 1.95 bits per heavy atom. The van der Waals surface area contributed by atoms with Gasteiger partial charge in [0, 0.05) is 43.5 Å². The van der Waals surface area contributed by atoms with Crippen LogP contribution in [0.3, 0.4) is 0 Å². The number of nitrogens with one attached hydrogen (secondary N) is 1. The number of rotatable bonds is 9. The fourth-order valence-electron chi connectivity index (χ4n) is 2.26. The van der Waals surface area contributed by atoms with Crippen LogP contribution in [-0.4, -0.2) is 32.8 Å². The van der Waals surface area contributed by atoms with Gasteiger partial charge in [-0.15, -0.1) is 0 Å². The lowest BCUT2D eigenvalue weighted by molar-refractivity contribution is 0.199. The highest BCUT2D eigenvalue weighted by molar-refractivity contribution is 6.31. The van der Waals surface area contributed by atoms with Crippen LogP contribution in [0, 0.1) is 5.92 Å². The number of halogens is 1. The lowest BCUT2D eigenvalue weighted by atomic mass is 10.1. The van der Waals surface area contributed by atoms with Crippen molar-refractivity contribution in [2.24, 2.45) is 5.92 Å². The Kier molecular flexibility index (Phi) is 8.09.